The molecule has 0 aliphatic heterocycles. The summed E-state index contributed by atoms with van der Waals surface area (Å²) in [4.78, 5) is 26.8. The lowest BCUT2D eigenvalue weighted by Crippen LogP contribution is -2.14. The Morgan fingerprint density at radius 2 is 2.00 bits per heavy atom. The van der Waals surface area contributed by atoms with Crippen molar-refractivity contribution in [3.8, 4) is 0 Å². The number of hydrogen-bond donors (Lipinski definition) is 2. The number of rotatable bonds is 3. The van der Waals surface area contributed by atoms with Crippen LogP contribution in [0.2, 0.25) is 5.02 Å². The van der Waals surface area contributed by atoms with Crippen molar-refractivity contribution < 1.29 is 14.7 Å². The molecule has 102 valence electrons. The van der Waals surface area contributed by atoms with Crippen LogP contribution in [-0.2, 0) is 0 Å². The Morgan fingerprint density at radius 1 is 1.25 bits per heavy atom. The second-order valence-electron chi connectivity index (χ2n) is 3.81. The van der Waals surface area contributed by atoms with Crippen LogP contribution >= 0.6 is 27.5 Å². The van der Waals surface area contributed by atoms with E-state index in [4.69, 9.17) is 16.7 Å². The number of pyridine rings is 1. The number of aromatic nitrogens is 1. The maximum Gasteiger partial charge on any atom is 0.335 e. The van der Waals surface area contributed by atoms with Crippen molar-refractivity contribution in [1.82, 2.24) is 4.98 Å². The van der Waals surface area contributed by atoms with Crippen LogP contribution in [0.5, 0.6) is 0 Å². The van der Waals surface area contributed by atoms with E-state index in [0.29, 0.717) is 15.1 Å². The number of benzene rings is 1. The number of nitrogens with one attached hydrogen (secondary N) is 1. The summed E-state index contributed by atoms with van der Waals surface area (Å²) in [6.07, 6.45) is 1.32. The molecule has 0 saturated carbocycles. The van der Waals surface area contributed by atoms with Crippen molar-refractivity contribution in [3.05, 3.63) is 57.2 Å². The van der Waals surface area contributed by atoms with Gasteiger partial charge in [-0.05, 0) is 46.3 Å². The van der Waals surface area contributed by atoms with Crippen LogP contribution in [0.4, 0.5) is 5.82 Å². The largest absolute Gasteiger partial charge is 0.478 e. The average molecular weight is 356 g/mol. The molecule has 0 atom stereocenters. The normalized spacial score (nSPS) is 10.1. The first-order valence-corrected chi connectivity index (χ1v) is 6.60. The van der Waals surface area contributed by atoms with Crippen LogP contribution in [0.3, 0.4) is 0 Å². The molecular weight excluding hydrogens is 348 g/mol. The molecule has 20 heavy (non-hydrogen) atoms. The van der Waals surface area contributed by atoms with Gasteiger partial charge < -0.3 is 10.4 Å². The van der Waals surface area contributed by atoms with E-state index in [0.717, 1.165) is 0 Å². The maximum absolute atomic E-state index is 12.1. The fourth-order valence-corrected chi connectivity index (χ4v) is 2.35. The number of carboxylic acid groups (broad SMARTS) is 1. The maximum atomic E-state index is 12.1. The summed E-state index contributed by atoms with van der Waals surface area (Å²) in [7, 11) is 0. The molecule has 0 radical (unpaired) electrons. The summed E-state index contributed by atoms with van der Waals surface area (Å²) >= 11 is 9.04. The first-order chi connectivity index (χ1) is 9.47. The Morgan fingerprint density at radius 3 is 2.65 bits per heavy atom. The minimum Gasteiger partial charge on any atom is -0.478 e. The number of nitrogens with zero attached hydrogens (tertiary/aromatic N) is 1. The number of carbonyl (C=O) groups is 2. The SMILES string of the molecule is O=C(O)c1ccnc(NC(=O)c2ccc(Cl)cc2Br)c1. The van der Waals surface area contributed by atoms with E-state index >= 15 is 0 Å². The molecule has 0 aliphatic rings. The van der Waals surface area contributed by atoms with Crippen molar-refractivity contribution in [2.45, 2.75) is 0 Å². The molecule has 7 heteroatoms. The second kappa shape index (κ2) is 6.02. The summed E-state index contributed by atoms with van der Waals surface area (Å²) < 4.78 is 0.539. The number of carboxylic acids is 1. The third-order valence-corrected chi connectivity index (χ3v) is 3.32. The smallest absolute Gasteiger partial charge is 0.335 e. The number of hydrogen-bond acceptors (Lipinski definition) is 3. The Bertz CT molecular complexity index is 691. The highest BCUT2D eigenvalue weighted by molar-refractivity contribution is 9.10. The number of carbonyl (C=O) groups excluding carboxylic acids is 1. The van der Waals surface area contributed by atoms with E-state index in [-0.39, 0.29) is 11.4 Å². The monoisotopic (exact) mass is 354 g/mol. The molecule has 0 unspecified atom stereocenters. The summed E-state index contributed by atoms with van der Waals surface area (Å²) in [6, 6.07) is 7.36. The van der Waals surface area contributed by atoms with E-state index in [1.54, 1.807) is 18.2 Å². The van der Waals surface area contributed by atoms with Gasteiger partial charge in [0.05, 0.1) is 11.1 Å². The molecule has 2 aromatic rings. The predicted octanol–water partition coefficient (Wildman–Crippen LogP) is 3.45. The molecule has 1 aromatic heterocycles. The van der Waals surface area contributed by atoms with Crippen molar-refractivity contribution in [2.24, 2.45) is 0 Å². The average Bonchev–Trinajstić information content (AvgIpc) is 2.38. The molecule has 0 spiro atoms. The molecule has 0 bridgehead atoms. The van der Waals surface area contributed by atoms with Gasteiger partial charge in [0, 0.05) is 15.7 Å². The number of aromatic carboxylic acids is 1. The third kappa shape index (κ3) is 3.34. The zero-order valence-electron chi connectivity index (χ0n) is 9.93. The van der Waals surface area contributed by atoms with Crippen LogP contribution in [0.15, 0.2) is 41.0 Å². The van der Waals surface area contributed by atoms with E-state index in [2.05, 4.69) is 26.2 Å². The van der Waals surface area contributed by atoms with Crippen molar-refractivity contribution in [2.75, 3.05) is 5.32 Å². The van der Waals surface area contributed by atoms with Crippen molar-refractivity contribution in [1.29, 1.82) is 0 Å². The summed E-state index contributed by atoms with van der Waals surface area (Å²) in [6.45, 7) is 0. The van der Waals surface area contributed by atoms with Gasteiger partial charge in [0.15, 0.2) is 0 Å². The van der Waals surface area contributed by atoms with E-state index in [1.807, 2.05) is 0 Å². The summed E-state index contributed by atoms with van der Waals surface area (Å²) in [5, 5.41) is 11.9. The lowest BCUT2D eigenvalue weighted by molar-refractivity contribution is 0.0696. The van der Waals surface area contributed by atoms with E-state index in [1.165, 1.54) is 18.3 Å². The Hall–Kier alpha value is -1.92. The van der Waals surface area contributed by atoms with Crippen molar-refractivity contribution >= 4 is 45.2 Å². The van der Waals surface area contributed by atoms with Gasteiger partial charge in [-0.1, -0.05) is 11.6 Å². The molecule has 1 heterocycles. The van der Waals surface area contributed by atoms with Crippen LogP contribution < -0.4 is 5.32 Å². The van der Waals surface area contributed by atoms with Crippen LogP contribution in [0, 0.1) is 0 Å². The Kier molecular flexibility index (Phi) is 4.36. The highest BCUT2D eigenvalue weighted by Crippen LogP contribution is 2.22. The highest BCUT2D eigenvalue weighted by Gasteiger charge is 2.12. The van der Waals surface area contributed by atoms with Gasteiger partial charge in [-0.3, -0.25) is 4.79 Å². The zero-order valence-corrected chi connectivity index (χ0v) is 12.3. The van der Waals surface area contributed by atoms with Gasteiger partial charge in [0.2, 0.25) is 0 Å². The molecule has 5 nitrogen and oxygen atoms in total. The molecule has 1 amide bonds. The van der Waals surface area contributed by atoms with E-state index in [9.17, 15) is 9.59 Å². The Balaban J connectivity index is 2.23. The van der Waals surface area contributed by atoms with Gasteiger partial charge in [-0.2, -0.15) is 0 Å². The molecule has 0 fully saturated rings. The van der Waals surface area contributed by atoms with Crippen molar-refractivity contribution in [3.63, 3.8) is 0 Å². The van der Waals surface area contributed by atoms with Gasteiger partial charge in [-0.25, -0.2) is 9.78 Å². The number of amides is 1. The quantitative estimate of drug-likeness (QED) is 0.884. The molecule has 0 aliphatic carbocycles. The molecule has 2 rings (SSSR count). The Labute approximate surface area is 127 Å². The van der Waals surface area contributed by atoms with Gasteiger partial charge in [0.25, 0.3) is 5.91 Å². The van der Waals surface area contributed by atoms with Crippen LogP contribution in [0.25, 0.3) is 0 Å². The summed E-state index contributed by atoms with van der Waals surface area (Å²) in [5.41, 5.74) is 0.419. The molecule has 0 saturated heterocycles. The summed E-state index contributed by atoms with van der Waals surface area (Å²) in [5.74, 6) is -1.34. The van der Waals surface area contributed by atoms with Crippen LogP contribution in [0.1, 0.15) is 20.7 Å². The lowest BCUT2D eigenvalue weighted by atomic mass is 10.2. The zero-order chi connectivity index (χ0) is 14.7. The second-order valence-corrected chi connectivity index (χ2v) is 5.10. The predicted molar refractivity (Wildman–Crippen MR) is 78.3 cm³/mol. The minimum atomic E-state index is -1.09. The fraction of sp³-hybridized carbons (Fsp3) is 0. The first kappa shape index (κ1) is 14.5. The molecular formula is C13H8BrClN2O3. The number of halogens is 2. The highest BCUT2D eigenvalue weighted by atomic mass is 79.9. The standard InChI is InChI=1S/C13H8BrClN2O3/c14-10-6-8(15)1-2-9(10)12(18)17-11-5-7(13(19)20)3-4-16-11/h1-6H,(H,19,20)(H,16,17,18). The minimum absolute atomic E-state index is 0.0467. The third-order valence-electron chi connectivity index (χ3n) is 2.42. The topological polar surface area (TPSA) is 79.3 Å². The van der Waals surface area contributed by atoms with Gasteiger partial charge in [-0.15, -0.1) is 0 Å². The number of anilines is 1. The first-order valence-electron chi connectivity index (χ1n) is 5.43. The fourth-order valence-electron chi connectivity index (χ4n) is 1.49. The molecule has 1 aromatic carbocycles. The lowest BCUT2D eigenvalue weighted by Gasteiger charge is -2.07. The van der Waals surface area contributed by atoms with Crippen LogP contribution in [-0.4, -0.2) is 22.0 Å². The molecule has 2 N–H and O–H groups in total. The van der Waals surface area contributed by atoms with Gasteiger partial charge >= 0.3 is 5.97 Å². The van der Waals surface area contributed by atoms with E-state index < -0.39 is 11.9 Å². The van der Waals surface area contributed by atoms with Gasteiger partial charge in [0.1, 0.15) is 5.82 Å².